The molecule has 5 nitrogen and oxygen atoms in total. The van der Waals surface area contributed by atoms with Crippen LogP contribution in [0.4, 0.5) is 5.69 Å². The zero-order valence-electron chi connectivity index (χ0n) is 17.7. The number of benzene rings is 2. The number of hydrogen-bond acceptors (Lipinski definition) is 4. The Balaban J connectivity index is 1.79. The summed E-state index contributed by atoms with van der Waals surface area (Å²) >= 11 is 11.6. The molecule has 2 aromatic heterocycles. The van der Waals surface area contributed by atoms with Gasteiger partial charge in [-0.25, -0.2) is 0 Å². The molecule has 8 heteroatoms. The van der Waals surface area contributed by atoms with Crippen LogP contribution in [0.15, 0.2) is 46.4 Å². The van der Waals surface area contributed by atoms with Crippen molar-refractivity contribution in [3.05, 3.63) is 62.5 Å². The maximum absolute atomic E-state index is 12.1. The quantitative estimate of drug-likeness (QED) is 0.194. The van der Waals surface area contributed by atoms with Crippen molar-refractivity contribution in [3.63, 3.8) is 0 Å². The summed E-state index contributed by atoms with van der Waals surface area (Å²) in [6.07, 6.45) is 3.08. The molecule has 2 heterocycles. The second-order valence-electron chi connectivity index (χ2n) is 7.38. The average molecular weight is 534 g/mol. The van der Waals surface area contributed by atoms with Crippen molar-refractivity contribution >= 4 is 77.9 Å². The van der Waals surface area contributed by atoms with Gasteiger partial charge in [0.1, 0.15) is 0 Å². The second-order valence-corrected chi connectivity index (χ2v) is 9.61. The number of nitrogens with zero attached hydrogens (tertiary/aromatic N) is 2. The summed E-state index contributed by atoms with van der Waals surface area (Å²) in [6, 6.07) is 9.84. The number of anilines is 1. The van der Waals surface area contributed by atoms with Crippen molar-refractivity contribution in [2.24, 2.45) is 0 Å². The molecule has 0 unspecified atom stereocenters. The first-order valence-corrected chi connectivity index (χ1v) is 12.3. The molecule has 0 atom stereocenters. The van der Waals surface area contributed by atoms with Gasteiger partial charge in [-0.15, -0.1) is 11.3 Å². The van der Waals surface area contributed by atoms with Gasteiger partial charge in [0.25, 0.3) is 0 Å². The van der Waals surface area contributed by atoms with Crippen LogP contribution in [-0.2, 0) is 27.3 Å². The molecule has 0 aliphatic carbocycles. The zero-order chi connectivity index (χ0) is 22.8. The van der Waals surface area contributed by atoms with Crippen molar-refractivity contribution in [1.82, 2.24) is 4.57 Å². The fourth-order valence-electron chi connectivity index (χ4n) is 3.94. The highest BCUT2D eigenvalue weighted by Gasteiger charge is 2.17. The summed E-state index contributed by atoms with van der Waals surface area (Å²) in [5.41, 5.74) is 3.89. The summed E-state index contributed by atoms with van der Waals surface area (Å²) in [5, 5.41) is 4.76. The second kappa shape index (κ2) is 9.65. The molecule has 0 saturated carbocycles. The Labute approximate surface area is 203 Å². The van der Waals surface area contributed by atoms with Gasteiger partial charge in [0.2, 0.25) is 6.41 Å². The van der Waals surface area contributed by atoms with Crippen LogP contribution in [0.2, 0.25) is 5.02 Å². The maximum Gasteiger partial charge on any atom is 0.310 e. The molecule has 0 radical (unpaired) electrons. The van der Waals surface area contributed by atoms with E-state index in [4.69, 9.17) is 16.3 Å². The summed E-state index contributed by atoms with van der Waals surface area (Å²) in [6.45, 7) is 5.29. The van der Waals surface area contributed by atoms with Crippen LogP contribution in [0.1, 0.15) is 25.0 Å². The molecule has 0 saturated heterocycles. The first-order chi connectivity index (χ1) is 15.4. The molecule has 4 aromatic rings. The minimum absolute atomic E-state index is 0.226. The highest BCUT2D eigenvalue weighted by Crippen LogP contribution is 2.38. The van der Waals surface area contributed by atoms with Gasteiger partial charge in [-0.05, 0) is 54.6 Å². The number of amides is 1. The molecule has 166 valence electrons. The predicted molar refractivity (Wildman–Crippen MR) is 135 cm³/mol. The summed E-state index contributed by atoms with van der Waals surface area (Å²) in [5.74, 6) is -0.236. The summed E-state index contributed by atoms with van der Waals surface area (Å²) < 4.78 is 9.30. The van der Waals surface area contributed by atoms with E-state index in [9.17, 15) is 9.59 Å². The SMILES string of the molecule is CCOC(=O)Cc1cn(Cc2csc3c(N(C=O)CC)cc(Cl)cc23)c2cc(Br)ccc12. The van der Waals surface area contributed by atoms with Gasteiger partial charge in [0, 0.05) is 45.1 Å². The van der Waals surface area contributed by atoms with E-state index in [2.05, 4.69) is 31.9 Å². The normalized spacial score (nSPS) is 11.2. The molecular formula is C24H22BrClN2O3S. The van der Waals surface area contributed by atoms with E-state index in [1.807, 2.05) is 44.3 Å². The lowest BCUT2D eigenvalue weighted by molar-refractivity contribution is -0.142. The first-order valence-electron chi connectivity index (χ1n) is 10.3. The third-order valence-corrected chi connectivity index (χ3v) is 7.16. The van der Waals surface area contributed by atoms with Gasteiger partial charge in [-0.1, -0.05) is 33.6 Å². The molecule has 0 aliphatic heterocycles. The molecule has 0 aliphatic rings. The standard InChI is InChI=1S/C24H22BrClN2O3S/c1-3-27(14-29)22-10-18(26)9-20-16(13-32-24(20)22)12-28-11-15(7-23(30)31-4-2)19-6-5-17(25)8-21(19)28/h5-6,8-11,13-14H,3-4,7,12H2,1-2H3. The van der Waals surface area contributed by atoms with Crippen LogP contribution < -0.4 is 4.90 Å². The maximum atomic E-state index is 12.1. The Hall–Kier alpha value is -2.35. The first kappa shape index (κ1) is 22.8. The lowest BCUT2D eigenvalue weighted by Gasteiger charge is -2.16. The van der Waals surface area contributed by atoms with Crippen molar-refractivity contribution in [3.8, 4) is 0 Å². The van der Waals surface area contributed by atoms with Crippen LogP contribution >= 0.6 is 38.9 Å². The smallest absolute Gasteiger partial charge is 0.310 e. The van der Waals surface area contributed by atoms with E-state index in [1.54, 1.807) is 16.2 Å². The van der Waals surface area contributed by atoms with Gasteiger partial charge in [-0.3, -0.25) is 9.59 Å². The Morgan fingerprint density at radius 3 is 2.75 bits per heavy atom. The number of hydrogen-bond donors (Lipinski definition) is 0. The van der Waals surface area contributed by atoms with Gasteiger partial charge >= 0.3 is 5.97 Å². The van der Waals surface area contributed by atoms with Gasteiger partial charge in [0.05, 0.1) is 23.4 Å². The number of aromatic nitrogens is 1. The fourth-order valence-corrected chi connectivity index (χ4v) is 5.57. The highest BCUT2D eigenvalue weighted by atomic mass is 79.9. The molecule has 0 bridgehead atoms. The van der Waals surface area contributed by atoms with Crippen LogP contribution in [0, 0.1) is 0 Å². The number of fused-ring (bicyclic) bond motifs is 2. The van der Waals surface area contributed by atoms with E-state index in [-0.39, 0.29) is 12.4 Å². The largest absolute Gasteiger partial charge is 0.466 e. The Bertz CT molecular complexity index is 1310. The van der Waals surface area contributed by atoms with Crippen LogP contribution in [-0.4, -0.2) is 30.1 Å². The fraction of sp³-hybridized carbons (Fsp3) is 0.250. The molecule has 32 heavy (non-hydrogen) atoms. The van der Waals surface area contributed by atoms with Crippen molar-refractivity contribution in [1.29, 1.82) is 0 Å². The van der Waals surface area contributed by atoms with E-state index < -0.39 is 0 Å². The van der Waals surface area contributed by atoms with Crippen molar-refractivity contribution in [2.45, 2.75) is 26.8 Å². The summed E-state index contributed by atoms with van der Waals surface area (Å²) in [7, 11) is 0. The Kier molecular flexibility index (Phi) is 6.88. The lowest BCUT2D eigenvalue weighted by atomic mass is 10.1. The number of rotatable bonds is 8. The third-order valence-electron chi connectivity index (χ3n) is 5.38. The molecule has 4 rings (SSSR count). The third kappa shape index (κ3) is 4.42. The molecule has 0 N–H and O–H groups in total. The minimum atomic E-state index is -0.236. The Morgan fingerprint density at radius 2 is 2.03 bits per heavy atom. The molecule has 0 spiro atoms. The predicted octanol–water partition coefficient (Wildman–Crippen LogP) is 6.41. The number of carbonyl (C=O) groups is 2. The van der Waals surface area contributed by atoms with E-state index in [1.165, 1.54) is 0 Å². The van der Waals surface area contributed by atoms with Crippen LogP contribution in [0.3, 0.4) is 0 Å². The van der Waals surface area contributed by atoms with E-state index in [0.29, 0.717) is 24.7 Å². The molecule has 1 amide bonds. The summed E-state index contributed by atoms with van der Waals surface area (Å²) in [4.78, 5) is 25.3. The van der Waals surface area contributed by atoms with Crippen LogP contribution in [0.5, 0.6) is 0 Å². The van der Waals surface area contributed by atoms with E-state index >= 15 is 0 Å². The van der Waals surface area contributed by atoms with Gasteiger partial charge < -0.3 is 14.2 Å². The monoisotopic (exact) mass is 532 g/mol. The number of ether oxygens (including phenoxy) is 1. The minimum Gasteiger partial charge on any atom is -0.466 e. The number of esters is 1. The zero-order valence-corrected chi connectivity index (χ0v) is 20.9. The molecular weight excluding hydrogens is 512 g/mol. The van der Waals surface area contributed by atoms with Crippen LogP contribution in [0.25, 0.3) is 21.0 Å². The molecule has 0 fully saturated rings. The molecule has 2 aromatic carbocycles. The number of carbonyl (C=O) groups excluding carboxylic acids is 2. The van der Waals surface area contributed by atoms with Crippen molar-refractivity contribution in [2.75, 3.05) is 18.1 Å². The van der Waals surface area contributed by atoms with Crippen molar-refractivity contribution < 1.29 is 14.3 Å². The Morgan fingerprint density at radius 1 is 1.22 bits per heavy atom. The topological polar surface area (TPSA) is 51.5 Å². The van der Waals surface area contributed by atoms with E-state index in [0.717, 1.165) is 48.7 Å². The number of halogens is 2. The average Bonchev–Trinajstić information content (AvgIpc) is 3.30. The lowest BCUT2D eigenvalue weighted by Crippen LogP contribution is -2.20. The number of thiophene rings is 1. The van der Waals surface area contributed by atoms with Gasteiger partial charge in [-0.2, -0.15) is 0 Å². The highest BCUT2D eigenvalue weighted by molar-refractivity contribution is 9.10. The van der Waals surface area contributed by atoms with Gasteiger partial charge in [0.15, 0.2) is 0 Å².